The number of benzene rings is 2. The molecular formula is C18H13FN4O4S. The number of anilines is 1. The molecule has 0 bridgehead atoms. The molecule has 0 radical (unpaired) electrons. The van der Waals surface area contributed by atoms with Crippen LogP contribution in [-0.2, 0) is 14.4 Å². The van der Waals surface area contributed by atoms with Crippen molar-refractivity contribution in [1.29, 1.82) is 0 Å². The van der Waals surface area contributed by atoms with Crippen LogP contribution in [0.15, 0.2) is 47.6 Å². The van der Waals surface area contributed by atoms with Gasteiger partial charge in [-0.15, -0.1) is 0 Å². The monoisotopic (exact) mass is 400 g/mol. The minimum atomic E-state index is -1.83. The summed E-state index contributed by atoms with van der Waals surface area (Å²) in [4.78, 5) is 29.6. The molecule has 28 heavy (non-hydrogen) atoms. The number of hydrogen-bond donors (Lipinski definition) is 2. The Morgan fingerprint density at radius 2 is 2.00 bits per heavy atom. The van der Waals surface area contributed by atoms with Crippen LogP contribution in [-0.4, -0.2) is 37.0 Å². The van der Waals surface area contributed by atoms with Gasteiger partial charge < -0.3 is 15.3 Å². The minimum absolute atomic E-state index is 0.121. The smallest absolute Gasteiger partial charge is 0.351 e. The van der Waals surface area contributed by atoms with E-state index in [9.17, 15) is 19.1 Å². The Bertz CT molecular complexity index is 1100. The lowest BCUT2D eigenvalue weighted by molar-refractivity contribution is -0.165. The van der Waals surface area contributed by atoms with Crippen molar-refractivity contribution in [1.82, 2.24) is 8.75 Å². The van der Waals surface area contributed by atoms with Gasteiger partial charge in [0.1, 0.15) is 16.9 Å². The summed E-state index contributed by atoms with van der Waals surface area (Å²) in [5.74, 6) is -2.28. The molecule has 142 valence electrons. The molecule has 1 aliphatic rings. The van der Waals surface area contributed by atoms with Crippen LogP contribution in [0, 0.1) is 5.82 Å². The fourth-order valence-electron chi connectivity index (χ4n) is 2.92. The molecule has 0 unspecified atom stereocenters. The highest BCUT2D eigenvalue weighted by Crippen LogP contribution is 2.31. The largest absolute Gasteiger partial charge is 0.478 e. The maximum Gasteiger partial charge on any atom is 0.351 e. The van der Waals surface area contributed by atoms with Gasteiger partial charge in [0.2, 0.25) is 11.5 Å². The van der Waals surface area contributed by atoms with Gasteiger partial charge in [-0.2, -0.15) is 8.75 Å². The molecule has 1 aromatic heterocycles. The van der Waals surface area contributed by atoms with E-state index in [2.05, 4.69) is 19.2 Å². The van der Waals surface area contributed by atoms with Crippen molar-refractivity contribution in [3.63, 3.8) is 0 Å². The number of nitrogens with one attached hydrogen (secondary N) is 1. The van der Waals surface area contributed by atoms with E-state index in [4.69, 9.17) is 4.84 Å². The van der Waals surface area contributed by atoms with Gasteiger partial charge in [0, 0.05) is 6.42 Å². The molecule has 1 amide bonds. The molecule has 0 saturated carbocycles. The molecule has 2 aromatic carbocycles. The van der Waals surface area contributed by atoms with E-state index in [-0.39, 0.29) is 6.42 Å². The normalized spacial score (nSPS) is 18.5. The first-order chi connectivity index (χ1) is 13.5. The van der Waals surface area contributed by atoms with Crippen molar-refractivity contribution in [3.8, 4) is 0 Å². The predicted octanol–water partition coefficient (Wildman–Crippen LogP) is 2.81. The van der Waals surface area contributed by atoms with Gasteiger partial charge in [-0.25, -0.2) is 9.18 Å². The molecule has 1 atom stereocenters. The zero-order chi connectivity index (χ0) is 19.7. The zero-order valence-electron chi connectivity index (χ0n) is 14.3. The van der Waals surface area contributed by atoms with Gasteiger partial charge in [-0.1, -0.05) is 23.4 Å². The van der Waals surface area contributed by atoms with Crippen LogP contribution in [0.5, 0.6) is 0 Å². The Balaban J connectivity index is 1.51. The van der Waals surface area contributed by atoms with E-state index in [0.717, 1.165) is 11.7 Å². The second-order valence-corrected chi connectivity index (χ2v) is 6.80. The third-order valence-electron chi connectivity index (χ3n) is 4.36. The molecule has 0 spiro atoms. The van der Waals surface area contributed by atoms with Crippen LogP contribution in [0.3, 0.4) is 0 Å². The molecule has 0 aliphatic carbocycles. The molecule has 3 aromatic rings. The van der Waals surface area contributed by atoms with Crippen molar-refractivity contribution in [3.05, 3.63) is 53.8 Å². The summed E-state index contributed by atoms with van der Waals surface area (Å²) in [6.07, 6.45) is -0.575. The van der Waals surface area contributed by atoms with E-state index < -0.39 is 29.7 Å². The second-order valence-electron chi connectivity index (χ2n) is 6.27. The Labute approximate surface area is 162 Å². The number of nitrogens with zero attached hydrogens (tertiary/aromatic N) is 3. The number of rotatable bonds is 5. The number of carboxylic acid groups (broad SMARTS) is 1. The minimum Gasteiger partial charge on any atom is -0.478 e. The molecule has 4 rings (SSSR count). The fourth-order valence-corrected chi connectivity index (χ4v) is 3.47. The van der Waals surface area contributed by atoms with Crippen LogP contribution in [0.4, 0.5) is 10.1 Å². The van der Waals surface area contributed by atoms with Crippen LogP contribution in [0.25, 0.3) is 11.0 Å². The first-order valence-corrected chi connectivity index (χ1v) is 8.95. The number of hydrogen-bond acceptors (Lipinski definition) is 7. The van der Waals surface area contributed by atoms with Crippen molar-refractivity contribution in [2.24, 2.45) is 5.16 Å². The molecule has 2 N–H and O–H groups in total. The summed E-state index contributed by atoms with van der Waals surface area (Å²) in [6, 6.07) is 10.6. The van der Waals surface area contributed by atoms with Gasteiger partial charge in [0.25, 0.3) is 0 Å². The summed E-state index contributed by atoms with van der Waals surface area (Å²) >= 11 is 1.01. The Hall–Kier alpha value is -3.40. The highest BCUT2D eigenvalue weighted by atomic mass is 32.1. The molecule has 0 fully saturated rings. The summed E-state index contributed by atoms with van der Waals surface area (Å²) < 4.78 is 21.3. The number of amides is 1. The number of carboxylic acids is 1. The Morgan fingerprint density at radius 1 is 1.21 bits per heavy atom. The van der Waals surface area contributed by atoms with Gasteiger partial charge in [0.15, 0.2) is 0 Å². The predicted molar refractivity (Wildman–Crippen MR) is 99.7 cm³/mol. The van der Waals surface area contributed by atoms with Gasteiger partial charge in [0.05, 0.1) is 29.5 Å². The maximum atomic E-state index is 13.1. The third kappa shape index (κ3) is 3.29. The lowest BCUT2D eigenvalue weighted by atomic mass is 9.90. The molecular weight excluding hydrogens is 387 g/mol. The standard InChI is InChI=1S/C18H13FN4O4S/c19-11-6-4-10(5-7-11)14-8-18(17(25)26,27-21-14)9-15(24)20-12-2-1-3-13-16(12)23-28-22-13/h1-7H,8-9H2,(H,20,24)(H,25,26)/t18-/m1/s1. The van der Waals surface area contributed by atoms with E-state index in [1.165, 1.54) is 24.3 Å². The lowest BCUT2D eigenvalue weighted by Crippen LogP contribution is -2.42. The highest BCUT2D eigenvalue weighted by Gasteiger charge is 2.49. The van der Waals surface area contributed by atoms with Crippen LogP contribution >= 0.6 is 11.7 Å². The van der Waals surface area contributed by atoms with Crippen molar-refractivity contribution in [2.75, 3.05) is 5.32 Å². The number of carbonyl (C=O) groups is 2. The molecule has 1 aliphatic heterocycles. The SMILES string of the molecule is O=C(C[C@@]1(C(=O)O)CC(c2ccc(F)cc2)=NO1)Nc1cccc2nsnc12. The van der Waals surface area contributed by atoms with E-state index in [1.807, 2.05) is 0 Å². The number of aliphatic carboxylic acids is 1. The number of halogens is 1. The highest BCUT2D eigenvalue weighted by molar-refractivity contribution is 7.00. The number of carbonyl (C=O) groups excluding carboxylic acids is 1. The zero-order valence-corrected chi connectivity index (χ0v) is 15.1. The quantitative estimate of drug-likeness (QED) is 0.681. The van der Waals surface area contributed by atoms with Crippen molar-refractivity contribution >= 4 is 46.0 Å². The number of aromatic nitrogens is 2. The number of oxime groups is 1. The fraction of sp³-hybridized carbons (Fsp3) is 0.167. The summed E-state index contributed by atoms with van der Waals surface area (Å²) in [7, 11) is 0. The third-order valence-corrected chi connectivity index (χ3v) is 4.90. The summed E-state index contributed by atoms with van der Waals surface area (Å²) in [5.41, 5.74) is 0.636. The van der Waals surface area contributed by atoms with E-state index >= 15 is 0 Å². The van der Waals surface area contributed by atoms with Crippen LogP contribution in [0.2, 0.25) is 0 Å². The van der Waals surface area contributed by atoms with Gasteiger partial charge >= 0.3 is 5.97 Å². The average Bonchev–Trinajstić information content (AvgIpc) is 3.31. The van der Waals surface area contributed by atoms with Crippen LogP contribution in [0.1, 0.15) is 18.4 Å². The number of fused-ring (bicyclic) bond motifs is 1. The molecule has 0 saturated heterocycles. The second kappa shape index (κ2) is 6.97. The first kappa shape index (κ1) is 18.0. The van der Waals surface area contributed by atoms with Crippen molar-refractivity contribution in [2.45, 2.75) is 18.4 Å². The summed E-state index contributed by atoms with van der Waals surface area (Å²) in [5, 5.41) is 16.2. The van der Waals surface area contributed by atoms with Gasteiger partial charge in [-0.3, -0.25) is 4.79 Å². The van der Waals surface area contributed by atoms with Crippen LogP contribution < -0.4 is 5.32 Å². The maximum absolute atomic E-state index is 13.1. The summed E-state index contributed by atoms with van der Waals surface area (Å²) in [6.45, 7) is 0. The first-order valence-electron chi connectivity index (χ1n) is 8.22. The van der Waals surface area contributed by atoms with Gasteiger partial charge in [-0.05, 0) is 29.8 Å². The molecule has 10 heteroatoms. The molecule has 2 heterocycles. The van der Waals surface area contributed by atoms with E-state index in [0.29, 0.717) is 28.0 Å². The molecule has 8 nitrogen and oxygen atoms in total. The Kier molecular flexibility index (Phi) is 4.47. The van der Waals surface area contributed by atoms with Crippen molar-refractivity contribution < 1.29 is 23.9 Å². The lowest BCUT2D eigenvalue weighted by Gasteiger charge is -2.21. The average molecular weight is 400 g/mol. The topological polar surface area (TPSA) is 114 Å². The Morgan fingerprint density at radius 3 is 2.75 bits per heavy atom. The van der Waals surface area contributed by atoms with E-state index in [1.54, 1.807) is 18.2 Å².